The third-order valence-corrected chi connectivity index (χ3v) is 7.73. The van der Waals surface area contributed by atoms with Crippen molar-refractivity contribution in [1.82, 2.24) is 14.5 Å². The molecule has 6 heteroatoms. The van der Waals surface area contributed by atoms with Crippen molar-refractivity contribution in [3.8, 4) is 11.3 Å². The molecule has 2 aromatic rings. The number of nitrogens with zero attached hydrogens (tertiary/aromatic N) is 3. The fourth-order valence-corrected chi connectivity index (χ4v) is 6.69. The quantitative estimate of drug-likeness (QED) is 0.814. The first-order valence-electron chi connectivity index (χ1n) is 9.89. The van der Waals surface area contributed by atoms with E-state index >= 15 is 0 Å². The Morgan fingerprint density at radius 3 is 2.59 bits per heavy atom. The summed E-state index contributed by atoms with van der Waals surface area (Å²) in [7, 11) is 0. The van der Waals surface area contributed by atoms with Crippen molar-refractivity contribution in [3.63, 3.8) is 0 Å². The topological polar surface area (TPSA) is 78.6 Å². The molecule has 1 spiro atoms. The molecule has 3 fully saturated rings. The maximum absolute atomic E-state index is 11.6. The molecule has 6 nitrogen and oxygen atoms in total. The molecule has 1 aliphatic carbocycles. The fraction of sp³-hybridized carbons (Fsp3) is 0.524. The highest BCUT2D eigenvalue weighted by molar-refractivity contribution is 5.69. The molecule has 1 unspecified atom stereocenters. The van der Waals surface area contributed by atoms with Crippen molar-refractivity contribution < 1.29 is 15.0 Å². The van der Waals surface area contributed by atoms with Gasteiger partial charge in [-0.05, 0) is 37.7 Å². The van der Waals surface area contributed by atoms with Gasteiger partial charge in [0.25, 0.3) is 0 Å². The van der Waals surface area contributed by atoms with Crippen LogP contribution in [0.4, 0.5) is 4.79 Å². The minimum Gasteiger partial charge on any atom is -0.465 e. The van der Waals surface area contributed by atoms with E-state index in [0.29, 0.717) is 0 Å². The van der Waals surface area contributed by atoms with Crippen molar-refractivity contribution in [1.29, 1.82) is 0 Å². The Morgan fingerprint density at radius 2 is 1.89 bits per heavy atom. The van der Waals surface area contributed by atoms with E-state index in [1.807, 2.05) is 12.5 Å². The Labute approximate surface area is 157 Å². The number of hydrogen-bond donors (Lipinski definition) is 2. The largest absolute Gasteiger partial charge is 0.465 e. The summed E-state index contributed by atoms with van der Waals surface area (Å²) < 4.78 is 2.21. The van der Waals surface area contributed by atoms with Gasteiger partial charge in [0, 0.05) is 29.0 Å². The van der Waals surface area contributed by atoms with Crippen LogP contribution in [-0.4, -0.2) is 48.9 Å². The summed E-state index contributed by atoms with van der Waals surface area (Å²) in [5.41, 5.74) is 3.51. The summed E-state index contributed by atoms with van der Waals surface area (Å²) >= 11 is 0. The highest BCUT2D eigenvalue weighted by atomic mass is 16.4. The van der Waals surface area contributed by atoms with Gasteiger partial charge in [-0.15, -0.1) is 0 Å². The van der Waals surface area contributed by atoms with Gasteiger partial charge in [-0.1, -0.05) is 24.3 Å². The Kier molecular flexibility index (Phi) is 2.98. The van der Waals surface area contributed by atoms with E-state index in [2.05, 4.69) is 33.8 Å². The predicted octanol–water partition coefficient (Wildman–Crippen LogP) is 3.12. The summed E-state index contributed by atoms with van der Waals surface area (Å²) in [5, 5.41) is 20.8. The molecule has 1 aromatic carbocycles. The summed E-state index contributed by atoms with van der Waals surface area (Å²) in [4.78, 5) is 17.6. The molecule has 2 saturated heterocycles. The predicted molar refractivity (Wildman–Crippen MR) is 98.3 cm³/mol. The Balaban J connectivity index is 1.31. The van der Waals surface area contributed by atoms with Crippen LogP contribution in [0, 0.1) is 11.3 Å². The van der Waals surface area contributed by atoms with Crippen molar-refractivity contribution in [2.24, 2.45) is 11.3 Å². The van der Waals surface area contributed by atoms with Gasteiger partial charge in [0.2, 0.25) is 0 Å². The average Bonchev–Trinajstić information content (AvgIpc) is 3.32. The monoisotopic (exact) mass is 365 g/mol. The van der Waals surface area contributed by atoms with Crippen LogP contribution in [0.25, 0.3) is 11.3 Å². The molecule has 2 bridgehead atoms. The molecule has 0 radical (unpaired) electrons. The average molecular weight is 365 g/mol. The lowest BCUT2D eigenvalue weighted by Crippen LogP contribution is -2.62. The molecule has 3 aliphatic heterocycles. The molecule has 6 atom stereocenters. The number of aromatic nitrogens is 2. The molecule has 6 rings (SSSR count). The summed E-state index contributed by atoms with van der Waals surface area (Å²) in [6.45, 7) is 0. The second kappa shape index (κ2) is 5.13. The minimum absolute atomic E-state index is 0.0801. The maximum Gasteiger partial charge on any atom is 0.407 e. The van der Waals surface area contributed by atoms with Crippen LogP contribution in [0.15, 0.2) is 36.8 Å². The van der Waals surface area contributed by atoms with Gasteiger partial charge in [0.1, 0.15) is 0 Å². The summed E-state index contributed by atoms with van der Waals surface area (Å²) in [6.07, 6.45) is 7.06. The van der Waals surface area contributed by atoms with E-state index in [1.165, 1.54) is 11.1 Å². The number of carboxylic acid groups (broad SMARTS) is 1. The minimum atomic E-state index is -0.796. The third kappa shape index (κ3) is 1.89. The maximum atomic E-state index is 11.6. The molecule has 140 valence electrons. The Bertz CT molecular complexity index is 924. The number of piperidine rings is 1. The number of hydrogen-bond acceptors (Lipinski definition) is 3. The first kappa shape index (κ1) is 15.7. The number of carbonyl (C=O) groups is 1. The van der Waals surface area contributed by atoms with E-state index in [1.54, 1.807) is 4.90 Å². The summed E-state index contributed by atoms with van der Waals surface area (Å²) in [6, 6.07) is 8.72. The Hall–Kier alpha value is -2.34. The zero-order chi connectivity index (χ0) is 18.3. The lowest BCUT2D eigenvalue weighted by Gasteiger charge is -2.59. The first-order chi connectivity index (χ1) is 13.1. The van der Waals surface area contributed by atoms with Gasteiger partial charge < -0.3 is 19.7 Å². The number of aliphatic hydroxyl groups is 1. The number of rotatable bonds is 1. The van der Waals surface area contributed by atoms with E-state index in [0.717, 1.165) is 37.8 Å². The smallest absolute Gasteiger partial charge is 0.407 e. The van der Waals surface area contributed by atoms with Gasteiger partial charge in [-0.3, -0.25) is 0 Å². The molecule has 4 aliphatic rings. The molecular formula is C21H23N3O3. The van der Waals surface area contributed by atoms with Gasteiger partial charge in [-0.2, -0.15) is 0 Å². The van der Waals surface area contributed by atoms with E-state index in [4.69, 9.17) is 0 Å². The lowest BCUT2D eigenvalue weighted by atomic mass is 9.51. The van der Waals surface area contributed by atoms with Crippen molar-refractivity contribution in [2.45, 2.75) is 56.3 Å². The zero-order valence-electron chi connectivity index (χ0n) is 15.0. The number of benzene rings is 1. The van der Waals surface area contributed by atoms with Crippen LogP contribution in [-0.2, 0) is 0 Å². The molecule has 1 amide bonds. The number of amides is 1. The van der Waals surface area contributed by atoms with E-state index < -0.39 is 6.09 Å². The van der Waals surface area contributed by atoms with Crippen LogP contribution in [0.1, 0.15) is 43.7 Å². The van der Waals surface area contributed by atoms with Gasteiger partial charge in [-0.25, -0.2) is 9.78 Å². The van der Waals surface area contributed by atoms with E-state index in [9.17, 15) is 15.0 Å². The zero-order valence-corrected chi connectivity index (χ0v) is 15.0. The highest BCUT2D eigenvalue weighted by Crippen LogP contribution is 2.62. The van der Waals surface area contributed by atoms with Crippen LogP contribution in [0.3, 0.4) is 0 Å². The molecule has 2 N–H and O–H groups in total. The SMILES string of the molecule is O=C(O)N1[C@@H]2CC[C@H]1CC1(C[C@@H]([C@@H]3c4ccccc4-c4cncn43)[C@@H]1O)C2. The van der Waals surface area contributed by atoms with Crippen LogP contribution in [0.5, 0.6) is 0 Å². The molecule has 1 saturated carbocycles. The summed E-state index contributed by atoms with van der Waals surface area (Å²) in [5.74, 6) is 0.164. The molecular weight excluding hydrogens is 342 g/mol. The van der Waals surface area contributed by atoms with Crippen molar-refractivity contribution in [3.05, 3.63) is 42.4 Å². The number of aliphatic hydroxyl groups excluding tert-OH is 1. The van der Waals surface area contributed by atoms with Crippen LogP contribution >= 0.6 is 0 Å². The second-order valence-electron chi connectivity index (χ2n) is 8.88. The third-order valence-electron chi connectivity index (χ3n) is 7.73. The number of fused-ring (bicyclic) bond motifs is 5. The first-order valence-corrected chi connectivity index (χ1v) is 9.89. The van der Waals surface area contributed by atoms with Crippen molar-refractivity contribution in [2.75, 3.05) is 0 Å². The van der Waals surface area contributed by atoms with E-state index in [-0.39, 0.29) is 35.6 Å². The Morgan fingerprint density at radius 1 is 1.15 bits per heavy atom. The molecule has 1 aromatic heterocycles. The molecule has 4 heterocycles. The normalized spacial score (nSPS) is 38.6. The van der Waals surface area contributed by atoms with Crippen LogP contribution < -0.4 is 0 Å². The standard InChI is InChI=1S/C21H23N3O3/c25-19-16(9-21(19)7-12-5-6-13(8-21)24(12)20(26)27)18-15-4-2-1-3-14(15)17-10-22-11-23(17)18/h1-4,10-13,16,18-19,25H,5-9H2,(H,26,27)/t12-,13+,16-,18-,19-,21?/m0/s1. The van der Waals surface area contributed by atoms with Crippen LogP contribution in [0.2, 0.25) is 0 Å². The number of imidazole rings is 1. The van der Waals surface area contributed by atoms with Crippen molar-refractivity contribution >= 4 is 6.09 Å². The highest BCUT2D eigenvalue weighted by Gasteiger charge is 2.62. The second-order valence-corrected chi connectivity index (χ2v) is 8.88. The van der Waals surface area contributed by atoms with Gasteiger partial charge in [0.15, 0.2) is 0 Å². The fourth-order valence-electron chi connectivity index (χ4n) is 6.69. The molecule has 27 heavy (non-hydrogen) atoms. The lowest BCUT2D eigenvalue weighted by molar-refractivity contribution is -0.166. The van der Waals surface area contributed by atoms with Gasteiger partial charge in [0.05, 0.1) is 30.4 Å². The van der Waals surface area contributed by atoms with Gasteiger partial charge >= 0.3 is 6.09 Å².